The molecule has 5 heteroatoms. The number of hydrogen-bond donors (Lipinski definition) is 1. The van der Waals surface area contributed by atoms with Crippen LogP contribution >= 0.6 is 11.8 Å². The fourth-order valence-electron chi connectivity index (χ4n) is 1.53. The molecular formula is C13H23N3OS. The minimum atomic E-state index is 0.426. The Bertz CT molecular complexity index is 373. The first kappa shape index (κ1) is 15.0. The quantitative estimate of drug-likeness (QED) is 0.824. The Hall–Kier alpha value is -1.10. The van der Waals surface area contributed by atoms with Gasteiger partial charge in [-0.05, 0) is 31.7 Å². The van der Waals surface area contributed by atoms with Crippen molar-refractivity contribution in [3.8, 4) is 5.88 Å². The largest absolute Gasteiger partial charge is 0.476 e. The maximum atomic E-state index is 5.86. The molecule has 0 bridgehead atoms. The van der Waals surface area contributed by atoms with Gasteiger partial charge in [0.05, 0.1) is 12.3 Å². The maximum absolute atomic E-state index is 5.86. The average Bonchev–Trinajstić information content (AvgIpc) is 2.37. The molecule has 0 radical (unpaired) electrons. The Kier molecular flexibility index (Phi) is 6.12. The number of rotatable bonds is 7. The highest BCUT2D eigenvalue weighted by atomic mass is 32.2. The molecule has 0 fully saturated rings. The number of nitrogens with two attached hydrogens (primary N) is 1. The summed E-state index contributed by atoms with van der Waals surface area (Å²) in [6.45, 7) is 4.89. The van der Waals surface area contributed by atoms with Gasteiger partial charge in [0.15, 0.2) is 0 Å². The van der Waals surface area contributed by atoms with E-state index in [1.54, 1.807) is 0 Å². The molecule has 0 aromatic carbocycles. The molecule has 4 nitrogen and oxygen atoms in total. The van der Waals surface area contributed by atoms with Crippen molar-refractivity contribution in [3.05, 3.63) is 12.1 Å². The monoisotopic (exact) mass is 269 g/mol. The third-order valence-corrected chi connectivity index (χ3v) is 3.56. The van der Waals surface area contributed by atoms with Crippen molar-refractivity contribution in [2.24, 2.45) is 0 Å². The summed E-state index contributed by atoms with van der Waals surface area (Å²) in [4.78, 5) is 6.63. The lowest BCUT2D eigenvalue weighted by atomic mass is 10.3. The van der Waals surface area contributed by atoms with Crippen molar-refractivity contribution in [1.82, 2.24) is 4.98 Å². The first-order valence-electron chi connectivity index (χ1n) is 6.21. The second-order valence-electron chi connectivity index (χ2n) is 4.33. The van der Waals surface area contributed by atoms with E-state index in [9.17, 15) is 0 Å². The molecule has 1 aromatic heterocycles. The van der Waals surface area contributed by atoms with E-state index in [0.29, 0.717) is 24.2 Å². The summed E-state index contributed by atoms with van der Waals surface area (Å²) in [5.41, 5.74) is 6.45. The first-order chi connectivity index (χ1) is 8.60. The number of thioether (sulfide) groups is 1. The van der Waals surface area contributed by atoms with Gasteiger partial charge in [-0.1, -0.05) is 6.92 Å². The predicted octanol–water partition coefficient (Wildman–Crippen LogP) is 2.64. The van der Waals surface area contributed by atoms with E-state index >= 15 is 0 Å². The van der Waals surface area contributed by atoms with Gasteiger partial charge in [0.1, 0.15) is 5.82 Å². The van der Waals surface area contributed by atoms with Gasteiger partial charge in [-0.15, -0.1) is 0 Å². The van der Waals surface area contributed by atoms with Crippen LogP contribution in [0.15, 0.2) is 12.1 Å². The van der Waals surface area contributed by atoms with Crippen molar-refractivity contribution < 1.29 is 4.74 Å². The van der Waals surface area contributed by atoms with Crippen LogP contribution in [0.25, 0.3) is 0 Å². The molecule has 1 rings (SSSR count). The minimum Gasteiger partial charge on any atom is -0.476 e. The Morgan fingerprint density at radius 3 is 2.83 bits per heavy atom. The highest BCUT2D eigenvalue weighted by Gasteiger charge is 2.12. The zero-order valence-corrected chi connectivity index (χ0v) is 12.5. The van der Waals surface area contributed by atoms with Gasteiger partial charge in [-0.3, -0.25) is 0 Å². The lowest BCUT2D eigenvalue weighted by Gasteiger charge is -2.25. The highest BCUT2D eigenvalue weighted by molar-refractivity contribution is 7.98. The fraction of sp³-hybridized carbons (Fsp3) is 0.615. The van der Waals surface area contributed by atoms with Crippen molar-refractivity contribution in [3.63, 3.8) is 0 Å². The molecule has 1 aromatic rings. The summed E-state index contributed by atoms with van der Waals surface area (Å²) < 4.78 is 5.55. The molecular weight excluding hydrogens is 246 g/mol. The summed E-state index contributed by atoms with van der Waals surface area (Å²) in [5, 5.41) is 0. The standard InChI is InChI=1S/C13H23N3OS/c1-5-8-17-13-11(14)6-7-12(15-13)16(3)10(2)9-18-4/h6-7,10H,5,8-9,14H2,1-4H3. The van der Waals surface area contributed by atoms with E-state index < -0.39 is 0 Å². The predicted molar refractivity (Wildman–Crippen MR) is 80.7 cm³/mol. The summed E-state index contributed by atoms with van der Waals surface area (Å²) in [7, 11) is 2.04. The minimum absolute atomic E-state index is 0.426. The molecule has 1 heterocycles. The van der Waals surface area contributed by atoms with Crippen LogP contribution in [0.1, 0.15) is 20.3 Å². The summed E-state index contributed by atoms with van der Waals surface area (Å²) >= 11 is 1.83. The van der Waals surface area contributed by atoms with E-state index in [1.165, 1.54) is 0 Å². The van der Waals surface area contributed by atoms with Crippen molar-refractivity contribution >= 4 is 23.3 Å². The number of nitrogens with zero attached hydrogens (tertiary/aromatic N) is 2. The third-order valence-electron chi connectivity index (χ3n) is 2.75. The van der Waals surface area contributed by atoms with Crippen LogP contribution in [0.4, 0.5) is 11.5 Å². The van der Waals surface area contributed by atoms with E-state index in [4.69, 9.17) is 10.5 Å². The molecule has 0 saturated carbocycles. The van der Waals surface area contributed by atoms with Crippen LogP contribution in [0.3, 0.4) is 0 Å². The van der Waals surface area contributed by atoms with Crippen molar-refractivity contribution in [2.45, 2.75) is 26.3 Å². The molecule has 0 amide bonds. The molecule has 2 N–H and O–H groups in total. The van der Waals surface area contributed by atoms with Crippen LogP contribution < -0.4 is 15.4 Å². The number of ether oxygens (including phenoxy) is 1. The van der Waals surface area contributed by atoms with Crippen LogP contribution in [0, 0.1) is 0 Å². The molecule has 102 valence electrons. The van der Waals surface area contributed by atoms with E-state index in [-0.39, 0.29) is 0 Å². The molecule has 18 heavy (non-hydrogen) atoms. The van der Waals surface area contributed by atoms with Gasteiger partial charge in [0, 0.05) is 18.8 Å². The lowest BCUT2D eigenvalue weighted by molar-refractivity contribution is 0.307. The topological polar surface area (TPSA) is 51.4 Å². The van der Waals surface area contributed by atoms with E-state index in [2.05, 4.69) is 30.0 Å². The van der Waals surface area contributed by atoms with Gasteiger partial charge < -0.3 is 15.4 Å². The van der Waals surface area contributed by atoms with Gasteiger partial charge in [0.2, 0.25) is 5.88 Å². The Labute approximate surface area is 114 Å². The normalized spacial score (nSPS) is 12.2. The third kappa shape index (κ3) is 3.98. The van der Waals surface area contributed by atoms with Crippen LogP contribution in [0.2, 0.25) is 0 Å². The van der Waals surface area contributed by atoms with Gasteiger partial charge >= 0.3 is 0 Å². The van der Waals surface area contributed by atoms with Gasteiger partial charge in [0.25, 0.3) is 0 Å². The van der Waals surface area contributed by atoms with Crippen LogP contribution in [-0.2, 0) is 0 Å². The zero-order chi connectivity index (χ0) is 13.5. The lowest BCUT2D eigenvalue weighted by Crippen LogP contribution is -2.31. The second kappa shape index (κ2) is 7.36. The van der Waals surface area contributed by atoms with Gasteiger partial charge in [-0.25, -0.2) is 0 Å². The maximum Gasteiger partial charge on any atom is 0.239 e. The fourth-order valence-corrected chi connectivity index (χ4v) is 2.24. The van der Waals surface area contributed by atoms with Gasteiger partial charge in [-0.2, -0.15) is 16.7 Å². The molecule has 0 aliphatic carbocycles. The van der Waals surface area contributed by atoms with Crippen molar-refractivity contribution in [2.75, 3.05) is 36.3 Å². The molecule has 0 aliphatic heterocycles. The smallest absolute Gasteiger partial charge is 0.239 e. The van der Waals surface area contributed by atoms with Crippen LogP contribution in [-0.4, -0.2) is 36.7 Å². The number of nitrogen functional groups attached to an aromatic ring is 1. The Morgan fingerprint density at radius 2 is 2.22 bits per heavy atom. The molecule has 0 spiro atoms. The molecule has 1 unspecified atom stereocenters. The SMILES string of the molecule is CCCOc1nc(N(C)C(C)CSC)ccc1N. The number of anilines is 2. The highest BCUT2D eigenvalue weighted by Crippen LogP contribution is 2.24. The second-order valence-corrected chi connectivity index (χ2v) is 5.24. The van der Waals surface area contributed by atoms with Crippen molar-refractivity contribution in [1.29, 1.82) is 0 Å². The van der Waals surface area contributed by atoms with E-state index in [1.807, 2.05) is 30.9 Å². The Morgan fingerprint density at radius 1 is 1.50 bits per heavy atom. The van der Waals surface area contributed by atoms with Crippen LogP contribution in [0.5, 0.6) is 5.88 Å². The number of aromatic nitrogens is 1. The summed E-state index contributed by atoms with van der Waals surface area (Å²) in [6, 6.07) is 4.22. The number of hydrogen-bond acceptors (Lipinski definition) is 5. The molecule has 0 aliphatic rings. The Balaban J connectivity index is 2.82. The first-order valence-corrected chi connectivity index (χ1v) is 7.60. The van der Waals surface area contributed by atoms with E-state index in [0.717, 1.165) is 18.0 Å². The zero-order valence-electron chi connectivity index (χ0n) is 11.6. The molecule has 1 atom stereocenters. The molecule has 0 saturated heterocycles. The summed E-state index contributed by atoms with van der Waals surface area (Å²) in [5.74, 6) is 2.50. The number of pyridine rings is 1. The average molecular weight is 269 g/mol. The summed E-state index contributed by atoms with van der Waals surface area (Å²) in [6.07, 6.45) is 3.06.